The second-order valence-corrected chi connectivity index (χ2v) is 8.73. The Labute approximate surface area is 179 Å². The topological polar surface area (TPSA) is 64.2 Å². The molecule has 0 saturated heterocycles. The van der Waals surface area contributed by atoms with Crippen molar-refractivity contribution >= 4 is 44.9 Å². The number of aromatic amines is 1. The van der Waals surface area contributed by atoms with Crippen LogP contribution in [0.15, 0.2) is 57.5 Å². The van der Waals surface area contributed by atoms with Crippen LogP contribution in [0.4, 0.5) is 0 Å². The van der Waals surface area contributed by atoms with Crippen LogP contribution in [0.25, 0.3) is 21.3 Å². The lowest BCUT2D eigenvalue weighted by Gasteiger charge is -2.18. The normalized spacial score (nSPS) is 13.0. The molecule has 29 heavy (non-hydrogen) atoms. The van der Waals surface area contributed by atoms with Crippen molar-refractivity contribution in [2.45, 2.75) is 10.6 Å². The zero-order valence-corrected chi connectivity index (χ0v) is 17.5. The van der Waals surface area contributed by atoms with E-state index in [1.807, 2.05) is 47.8 Å². The van der Waals surface area contributed by atoms with Gasteiger partial charge in [0.1, 0.15) is 23.9 Å². The molecule has 4 aromatic rings. The Kier molecular flexibility index (Phi) is 4.95. The van der Waals surface area contributed by atoms with Crippen molar-refractivity contribution < 1.29 is 9.47 Å². The minimum absolute atomic E-state index is 0.149. The maximum atomic E-state index is 12.8. The van der Waals surface area contributed by atoms with E-state index in [0.717, 1.165) is 27.5 Å². The molecular formula is C21H15ClN2O3S2. The fourth-order valence-electron chi connectivity index (χ4n) is 3.20. The summed E-state index contributed by atoms with van der Waals surface area (Å²) >= 11 is 9.35. The number of ether oxygens (including phenoxy) is 2. The van der Waals surface area contributed by atoms with Gasteiger partial charge in [-0.25, -0.2) is 4.98 Å². The fourth-order valence-corrected chi connectivity index (χ4v) is 5.19. The van der Waals surface area contributed by atoms with Gasteiger partial charge in [0.15, 0.2) is 11.5 Å². The number of hydrogen-bond donors (Lipinski definition) is 1. The first-order valence-electron chi connectivity index (χ1n) is 8.97. The van der Waals surface area contributed by atoms with Gasteiger partial charge in [-0.05, 0) is 24.3 Å². The SMILES string of the molecule is O=c1[nH]c(CSc2ccc3c(c2)OCCO3)nc2scc(-c3ccccc3Cl)c12. The van der Waals surface area contributed by atoms with E-state index in [9.17, 15) is 4.79 Å². The number of nitrogens with zero attached hydrogens (tertiary/aromatic N) is 1. The lowest BCUT2D eigenvalue weighted by atomic mass is 10.1. The molecule has 0 atom stereocenters. The molecule has 8 heteroatoms. The van der Waals surface area contributed by atoms with Crippen LogP contribution >= 0.6 is 34.7 Å². The van der Waals surface area contributed by atoms with Crippen LogP contribution in [0.1, 0.15) is 5.82 Å². The molecule has 0 bridgehead atoms. The van der Waals surface area contributed by atoms with E-state index in [1.165, 1.54) is 11.3 Å². The van der Waals surface area contributed by atoms with Gasteiger partial charge in [0.25, 0.3) is 5.56 Å². The van der Waals surface area contributed by atoms with Crippen molar-refractivity contribution in [3.63, 3.8) is 0 Å². The highest BCUT2D eigenvalue weighted by atomic mass is 35.5. The molecule has 5 nitrogen and oxygen atoms in total. The van der Waals surface area contributed by atoms with E-state index in [2.05, 4.69) is 9.97 Å². The third-order valence-electron chi connectivity index (χ3n) is 4.55. The van der Waals surface area contributed by atoms with Gasteiger partial charge < -0.3 is 14.5 Å². The smallest absolute Gasteiger partial charge is 0.260 e. The van der Waals surface area contributed by atoms with Crippen molar-refractivity contribution in [2.75, 3.05) is 13.2 Å². The quantitative estimate of drug-likeness (QED) is 0.430. The van der Waals surface area contributed by atoms with E-state index in [0.29, 0.717) is 40.0 Å². The number of halogens is 1. The van der Waals surface area contributed by atoms with E-state index in [4.69, 9.17) is 21.1 Å². The highest BCUT2D eigenvalue weighted by molar-refractivity contribution is 7.98. The Balaban J connectivity index is 1.42. The number of fused-ring (bicyclic) bond motifs is 2. The molecule has 3 heterocycles. The highest BCUT2D eigenvalue weighted by Gasteiger charge is 2.16. The predicted molar refractivity (Wildman–Crippen MR) is 118 cm³/mol. The van der Waals surface area contributed by atoms with Gasteiger partial charge in [0.05, 0.1) is 11.1 Å². The highest BCUT2D eigenvalue weighted by Crippen LogP contribution is 2.36. The molecule has 0 unspecified atom stereocenters. The van der Waals surface area contributed by atoms with Gasteiger partial charge in [0.2, 0.25) is 0 Å². The molecule has 5 rings (SSSR count). The maximum Gasteiger partial charge on any atom is 0.260 e. The average Bonchev–Trinajstić information content (AvgIpc) is 3.17. The number of thioether (sulfide) groups is 1. The first-order chi connectivity index (χ1) is 14.2. The number of nitrogens with one attached hydrogen (secondary N) is 1. The Bertz CT molecular complexity index is 1270. The molecule has 0 spiro atoms. The molecule has 1 N–H and O–H groups in total. The number of thiophene rings is 1. The van der Waals surface area contributed by atoms with Gasteiger partial charge in [0, 0.05) is 26.4 Å². The Morgan fingerprint density at radius 1 is 1.10 bits per heavy atom. The molecular weight excluding hydrogens is 428 g/mol. The number of hydrogen-bond acceptors (Lipinski definition) is 6. The van der Waals surface area contributed by atoms with Crippen LogP contribution in [0.2, 0.25) is 5.02 Å². The lowest BCUT2D eigenvalue weighted by Crippen LogP contribution is -2.15. The third kappa shape index (κ3) is 3.61. The molecule has 0 aliphatic carbocycles. The van der Waals surface area contributed by atoms with Crippen LogP contribution in [-0.4, -0.2) is 23.2 Å². The van der Waals surface area contributed by atoms with E-state index in [1.54, 1.807) is 11.8 Å². The van der Waals surface area contributed by atoms with Gasteiger partial charge in [-0.1, -0.05) is 29.8 Å². The van der Waals surface area contributed by atoms with Gasteiger partial charge in [-0.2, -0.15) is 0 Å². The second-order valence-electron chi connectivity index (χ2n) is 6.42. The second kappa shape index (κ2) is 7.74. The Hall–Kier alpha value is -2.48. The summed E-state index contributed by atoms with van der Waals surface area (Å²) in [5.41, 5.74) is 1.51. The molecule has 146 valence electrons. The summed E-state index contributed by atoms with van der Waals surface area (Å²) in [6.07, 6.45) is 0. The van der Waals surface area contributed by atoms with Crippen LogP contribution in [-0.2, 0) is 5.75 Å². The Morgan fingerprint density at radius 3 is 2.79 bits per heavy atom. The minimum atomic E-state index is -0.149. The largest absolute Gasteiger partial charge is 0.486 e. The van der Waals surface area contributed by atoms with E-state index >= 15 is 0 Å². The first kappa shape index (κ1) is 18.5. The zero-order chi connectivity index (χ0) is 19.8. The Morgan fingerprint density at radius 2 is 1.93 bits per heavy atom. The summed E-state index contributed by atoms with van der Waals surface area (Å²) in [7, 11) is 0. The molecule has 0 saturated carbocycles. The predicted octanol–water partition coefficient (Wildman–Crippen LogP) is 5.37. The van der Waals surface area contributed by atoms with E-state index < -0.39 is 0 Å². The van der Waals surface area contributed by atoms with Crippen LogP contribution in [0, 0.1) is 0 Å². The van der Waals surface area contributed by atoms with Gasteiger partial charge >= 0.3 is 0 Å². The summed E-state index contributed by atoms with van der Waals surface area (Å²) in [5, 5.41) is 3.13. The summed E-state index contributed by atoms with van der Waals surface area (Å²) in [5.74, 6) is 2.69. The molecule has 2 aromatic heterocycles. The molecule has 2 aromatic carbocycles. The monoisotopic (exact) mass is 442 g/mol. The summed E-state index contributed by atoms with van der Waals surface area (Å²) in [6.45, 7) is 1.13. The van der Waals surface area contributed by atoms with Crippen molar-refractivity contribution in [1.82, 2.24) is 9.97 Å². The van der Waals surface area contributed by atoms with Crippen molar-refractivity contribution in [3.8, 4) is 22.6 Å². The number of H-pyrrole nitrogens is 1. The number of benzene rings is 2. The molecule has 0 amide bonds. The number of aromatic nitrogens is 2. The molecule has 0 fully saturated rings. The van der Waals surface area contributed by atoms with Gasteiger partial charge in [-0.3, -0.25) is 4.79 Å². The van der Waals surface area contributed by atoms with Crippen molar-refractivity contribution in [3.05, 3.63) is 69.0 Å². The van der Waals surface area contributed by atoms with Crippen molar-refractivity contribution in [1.29, 1.82) is 0 Å². The number of rotatable bonds is 4. The van der Waals surface area contributed by atoms with Gasteiger partial charge in [-0.15, -0.1) is 23.1 Å². The fraction of sp³-hybridized carbons (Fsp3) is 0.143. The minimum Gasteiger partial charge on any atom is -0.486 e. The summed E-state index contributed by atoms with van der Waals surface area (Å²) in [4.78, 5) is 22.1. The van der Waals surface area contributed by atoms with Crippen LogP contribution in [0.3, 0.4) is 0 Å². The lowest BCUT2D eigenvalue weighted by molar-refractivity contribution is 0.171. The average molecular weight is 443 g/mol. The molecule has 1 aliphatic heterocycles. The van der Waals surface area contributed by atoms with E-state index in [-0.39, 0.29) is 5.56 Å². The molecule has 0 radical (unpaired) electrons. The summed E-state index contributed by atoms with van der Waals surface area (Å²) in [6, 6.07) is 13.4. The maximum absolute atomic E-state index is 12.8. The van der Waals surface area contributed by atoms with Crippen LogP contribution < -0.4 is 15.0 Å². The molecule has 1 aliphatic rings. The third-order valence-corrected chi connectivity index (χ3v) is 6.75. The standard InChI is InChI=1S/C21H15ClN2O3S2/c22-15-4-2-1-3-13(15)14-10-29-21-19(14)20(25)23-18(24-21)11-28-12-5-6-16-17(9-12)27-8-7-26-16/h1-6,9-10H,7-8,11H2,(H,23,24,25). The summed E-state index contributed by atoms with van der Waals surface area (Å²) < 4.78 is 11.2. The first-order valence-corrected chi connectivity index (χ1v) is 11.2. The van der Waals surface area contributed by atoms with Crippen molar-refractivity contribution in [2.24, 2.45) is 0 Å². The zero-order valence-electron chi connectivity index (χ0n) is 15.1. The van der Waals surface area contributed by atoms with Crippen LogP contribution in [0.5, 0.6) is 11.5 Å².